The van der Waals surface area contributed by atoms with Gasteiger partial charge in [0.15, 0.2) is 6.10 Å². The number of halogens is 1. The third-order valence-electron chi connectivity index (χ3n) is 4.45. The maximum absolute atomic E-state index is 12.7. The summed E-state index contributed by atoms with van der Waals surface area (Å²) in [5, 5.41) is 3.43. The number of fused-ring (bicyclic) bond motifs is 1. The van der Waals surface area contributed by atoms with Crippen molar-refractivity contribution in [3.63, 3.8) is 0 Å². The average Bonchev–Trinajstić information content (AvgIpc) is 2.72. The van der Waals surface area contributed by atoms with Crippen LogP contribution in [0.5, 0.6) is 0 Å². The second-order valence-corrected chi connectivity index (χ2v) is 10.5. The van der Waals surface area contributed by atoms with Gasteiger partial charge in [-0.15, -0.1) is 0 Å². The molecule has 1 heterocycles. The Labute approximate surface area is 197 Å². The number of anilines is 1. The quantitative estimate of drug-likeness (QED) is 0.503. The van der Waals surface area contributed by atoms with Crippen LogP contribution in [-0.4, -0.2) is 36.9 Å². The summed E-state index contributed by atoms with van der Waals surface area (Å²) in [5.41, 5.74) is 0.436. The summed E-state index contributed by atoms with van der Waals surface area (Å²) in [6.45, 7) is 6.47. The van der Waals surface area contributed by atoms with Crippen LogP contribution in [0.2, 0.25) is 5.02 Å². The Bertz CT molecular complexity index is 1310. The molecule has 0 aliphatic heterocycles. The molecule has 3 aromatic rings. The van der Waals surface area contributed by atoms with Crippen molar-refractivity contribution in [2.45, 2.75) is 44.2 Å². The topological polar surface area (TPSA) is 114 Å². The first-order valence-electron chi connectivity index (χ1n) is 10.1. The summed E-state index contributed by atoms with van der Waals surface area (Å²) < 4.78 is 33.1. The molecule has 0 saturated carbocycles. The Morgan fingerprint density at radius 3 is 2.52 bits per heavy atom. The first-order valence-corrected chi connectivity index (χ1v) is 11.9. The molecule has 0 saturated heterocycles. The molecular weight excluding hydrogens is 466 g/mol. The molecule has 1 aromatic heterocycles. The third kappa shape index (κ3) is 6.07. The zero-order valence-corrected chi connectivity index (χ0v) is 20.1. The van der Waals surface area contributed by atoms with Gasteiger partial charge in [-0.2, -0.15) is 0 Å². The molecule has 1 atom stereocenters. The van der Waals surface area contributed by atoms with E-state index in [1.165, 1.54) is 19.1 Å². The summed E-state index contributed by atoms with van der Waals surface area (Å²) in [5.74, 6) is -1.41. The van der Waals surface area contributed by atoms with Crippen molar-refractivity contribution in [1.29, 1.82) is 0 Å². The van der Waals surface area contributed by atoms with Crippen LogP contribution in [-0.2, 0) is 19.6 Å². The maximum atomic E-state index is 12.7. The molecule has 8 nitrogen and oxygen atoms in total. The van der Waals surface area contributed by atoms with E-state index in [1.807, 2.05) is 12.1 Å². The van der Waals surface area contributed by atoms with Gasteiger partial charge in [0.1, 0.15) is 4.90 Å². The molecule has 1 amide bonds. The Morgan fingerprint density at radius 2 is 1.82 bits per heavy atom. The van der Waals surface area contributed by atoms with E-state index in [1.54, 1.807) is 45.2 Å². The molecule has 10 heteroatoms. The number of aromatic nitrogens is 1. The Balaban J connectivity index is 1.76. The van der Waals surface area contributed by atoms with Gasteiger partial charge in [0.2, 0.25) is 10.0 Å². The van der Waals surface area contributed by atoms with Gasteiger partial charge in [0.05, 0.1) is 21.8 Å². The van der Waals surface area contributed by atoms with Gasteiger partial charge in [0, 0.05) is 17.1 Å². The largest absolute Gasteiger partial charge is 0.449 e. The van der Waals surface area contributed by atoms with E-state index in [0.717, 1.165) is 11.5 Å². The smallest absolute Gasteiger partial charge is 0.338 e. The van der Waals surface area contributed by atoms with Crippen LogP contribution in [0.3, 0.4) is 0 Å². The van der Waals surface area contributed by atoms with Crippen molar-refractivity contribution in [3.05, 3.63) is 65.3 Å². The lowest BCUT2D eigenvalue weighted by atomic mass is 10.1. The number of hydrogen-bond acceptors (Lipinski definition) is 6. The number of benzene rings is 2. The fourth-order valence-corrected chi connectivity index (χ4v) is 4.97. The van der Waals surface area contributed by atoms with Crippen LogP contribution in [0.15, 0.2) is 59.6 Å². The van der Waals surface area contributed by atoms with Crippen molar-refractivity contribution >= 4 is 50.1 Å². The number of carbonyl (C=O) groups is 2. The van der Waals surface area contributed by atoms with Crippen molar-refractivity contribution in [3.8, 4) is 0 Å². The first kappa shape index (κ1) is 24.6. The minimum atomic E-state index is -3.99. The van der Waals surface area contributed by atoms with Crippen molar-refractivity contribution in [2.24, 2.45) is 0 Å². The molecule has 174 valence electrons. The summed E-state index contributed by atoms with van der Waals surface area (Å²) >= 11 is 6.07. The van der Waals surface area contributed by atoms with Gasteiger partial charge in [-0.25, -0.2) is 17.9 Å². The summed E-state index contributed by atoms with van der Waals surface area (Å²) in [7, 11) is -3.99. The number of carbonyl (C=O) groups excluding carboxylic acids is 2. The van der Waals surface area contributed by atoms with Crippen LogP contribution in [0, 0.1) is 0 Å². The monoisotopic (exact) mass is 489 g/mol. The van der Waals surface area contributed by atoms with E-state index in [4.69, 9.17) is 16.3 Å². The van der Waals surface area contributed by atoms with Gasteiger partial charge >= 0.3 is 5.97 Å². The number of hydrogen-bond donors (Lipinski definition) is 2. The standard InChI is InChI=1S/C23H24ClN3O5S/c1-14(21(28)26-19-9-5-8-18-16(19)7-6-12-25-18)32-22(29)15-10-11-17(24)20(13-15)33(30,31)27-23(2,3)4/h5-14,27H,1-4H3,(H,26,28). The number of nitrogens with zero attached hydrogens (tertiary/aromatic N) is 1. The van der Waals surface area contributed by atoms with Crippen LogP contribution >= 0.6 is 11.6 Å². The molecule has 0 fully saturated rings. The Hall–Kier alpha value is -3.01. The number of amides is 1. The maximum Gasteiger partial charge on any atom is 0.338 e. The predicted octanol–water partition coefficient (Wildman–Crippen LogP) is 4.15. The Morgan fingerprint density at radius 1 is 1.09 bits per heavy atom. The van der Waals surface area contributed by atoms with Crippen LogP contribution in [0.1, 0.15) is 38.1 Å². The molecule has 33 heavy (non-hydrogen) atoms. The minimum absolute atomic E-state index is 0.0429. The Kier molecular flexibility index (Phi) is 7.06. The van der Waals surface area contributed by atoms with Crippen LogP contribution < -0.4 is 10.0 Å². The van der Waals surface area contributed by atoms with Crippen molar-refractivity contribution < 1.29 is 22.7 Å². The highest BCUT2D eigenvalue weighted by atomic mass is 35.5. The molecule has 2 N–H and O–H groups in total. The number of esters is 1. The first-order chi connectivity index (χ1) is 15.4. The zero-order chi connectivity index (χ0) is 24.4. The van der Waals surface area contributed by atoms with E-state index in [9.17, 15) is 18.0 Å². The number of ether oxygens (including phenoxy) is 1. The fourth-order valence-electron chi connectivity index (χ4n) is 3.02. The fraction of sp³-hybridized carbons (Fsp3) is 0.261. The van der Waals surface area contributed by atoms with Gasteiger partial charge < -0.3 is 10.1 Å². The molecule has 0 aliphatic carbocycles. The molecule has 3 rings (SSSR count). The molecule has 0 spiro atoms. The second-order valence-electron chi connectivity index (χ2n) is 8.41. The van der Waals surface area contributed by atoms with E-state index in [2.05, 4.69) is 15.0 Å². The van der Waals surface area contributed by atoms with Crippen molar-refractivity contribution in [1.82, 2.24) is 9.71 Å². The molecule has 0 bridgehead atoms. The molecule has 1 unspecified atom stereocenters. The number of pyridine rings is 1. The van der Waals surface area contributed by atoms with E-state index < -0.39 is 33.5 Å². The highest BCUT2D eigenvalue weighted by Crippen LogP contribution is 2.25. The molecule has 0 aliphatic rings. The number of sulfonamides is 1. The molecule has 2 aromatic carbocycles. The third-order valence-corrected chi connectivity index (χ3v) is 6.69. The number of nitrogens with one attached hydrogen (secondary N) is 2. The average molecular weight is 490 g/mol. The van der Waals surface area contributed by atoms with Gasteiger partial charge in [-0.1, -0.05) is 17.7 Å². The summed E-state index contributed by atoms with van der Waals surface area (Å²) in [4.78, 5) is 29.2. The normalized spacial score (nSPS) is 12.9. The van der Waals surface area contributed by atoms with E-state index in [0.29, 0.717) is 11.2 Å². The van der Waals surface area contributed by atoms with Gasteiger partial charge in [-0.05, 0) is 70.2 Å². The van der Waals surface area contributed by atoms with Crippen LogP contribution in [0.25, 0.3) is 10.9 Å². The summed E-state index contributed by atoms with van der Waals surface area (Å²) in [6, 6.07) is 12.6. The summed E-state index contributed by atoms with van der Waals surface area (Å²) in [6.07, 6.45) is 0.503. The SMILES string of the molecule is CC(OC(=O)c1ccc(Cl)c(S(=O)(=O)NC(C)(C)C)c1)C(=O)Nc1cccc2ncccc12. The lowest BCUT2D eigenvalue weighted by Gasteiger charge is -2.21. The van der Waals surface area contributed by atoms with Crippen molar-refractivity contribution in [2.75, 3.05) is 5.32 Å². The molecular formula is C23H24ClN3O5S. The van der Waals surface area contributed by atoms with Gasteiger partial charge in [0.25, 0.3) is 5.91 Å². The van der Waals surface area contributed by atoms with Crippen LogP contribution in [0.4, 0.5) is 5.69 Å². The highest BCUT2D eigenvalue weighted by molar-refractivity contribution is 7.89. The minimum Gasteiger partial charge on any atom is -0.449 e. The predicted molar refractivity (Wildman–Crippen MR) is 127 cm³/mol. The number of rotatable bonds is 6. The van der Waals surface area contributed by atoms with E-state index >= 15 is 0 Å². The zero-order valence-electron chi connectivity index (χ0n) is 18.5. The molecule has 0 radical (unpaired) electrons. The second kappa shape index (κ2) is 9.46. The lowest BCUT2D eigenvalue weighted by molar-refractivity contribution is -0.123. The highest BCUT2D eigenvalue weighted by Gasteiger charge is 2.26. The van der Waals surface area contributed by atoms with Gasteiger partial charge in [-0.3, -0.25) is 9.78 Å². The lowest BCUT2D eigenvalue weighted by Crippen LogP contribution is -2.40. The van der Waals surface area contributed by atoms with E-state index in [-0.39, 0.29) is 15.5 Å².